The summed E-state index contributed by atoms with van der Waals surface area (Å²) in [6.45, 7) is 3.87. The van der Waals surface area contributed by atoms with Crippen LogP contribution in [0.2, 0.25) is 0 Å². The molecule has 0 saturated carbocycles. The van der Waals surface area contributed by atoms with E-state index in [0.29, 0.717) is 33.0 Å². The third-order valence-electron chi connectivity index (χ3n) is 6.84. The highest BCUT2D eigenvalue weighted by atomic mass is 16.2. The Labute approximate surface area is 187 Å². The minimum Gasteiger partial charge on any atom is -0.355 e. The third kappa shape index (κ3) is 2.27. The molecule has 160 valence electrons. The van der Waals surface area contributed by atoms with Crippen molar-refractivity contribution in [1.29, 1.82) is 0 Å². The van der Waals surface area contributed by atoms with Gasteiger partial charge in [0.2, 0.25) is 0 Å². The standard InChI is InChI=1S/C27H18N2O4/c1-11-8-13(10-30)21-16(25(31)28-3)6-4-14-20-12(2)9-18-22-17(26(32)29-27(18)33)7-5-15(24(20)22)19(11)23(14)21/h4-10H,1-3H3,(H,28,31)(H,29,32,33). The smallest absolute Gasteiger partial charge is 0.258 e. The van der Waals surface area contributed by atoms with E-state index in [9.17, 15) is 19.2 Å². The maximum atomic E-state index is 12.7. The van der Waals surface area contributed by atoms with Crippen LogP contribution in [0.25, 0.3) is 43.1 Å². The first-order valence-corrected chi connectivity index (χ1v) is 10.6. The van der Waals surface area contributed by atoms with Gasteiger partial charge in [-0.1, -0.05) is 12.1 Å². The number of aryl methyl sites for hydroxylation is 2. The van der Waals surface area contributed by atoms with Crippen LogP contribution in [0.1, 0.15) is 52.6 Å². The van der Waals surface area contributed by atoms with Gasteiger partial charge in [-0.05, 0) is 81.6 Å². The summed E-state index contributed by atoms with van der Waals surface area (Å²) in [4.78, 5) is 50.1. The van der Waals surface area contributed by atoms with E-state index in [1.54, 1.807) is 25.2 Å². The van der Waals surface area contributed by atoms with Gasteiger partial charge < -0.3 is 5.32 Å². The molecule has 2 N–H and O–H groups in total. The van der Waals surface area contributed by atoms with Crippen molar-refractivity contribution < 1.29 is 19.2 Å². The molecule has 0 saturated heterocycles. The molecule has 5 aromatic carbocycles. The van der Waals surface area contributed by atoms with E-state index < -0.39 is 11.8 Å². The van der Waals surface area contributed by atoms with Crippen LogP contribution >= 0.6 is 0 Å². The molecule has 0 fully saturated rings. The van der Waals surface area contributed by atoms with E-state index in [1.807, 2.05) is 32.0 Å². The second-order valence-electron chi connectivity index (χ2n) is 8.58. The van der Waals surface area contributed by atoms with Gasteiger partial charge in [0.25, 0.3) is 17.7 Å². The molecule has 33 heavy (non-hydrogen) atoms. The van der Waals surface area contributed by atoms with Gasteiger partial charge in [-0.3, -0.25) is 24.5 Å². The zero-order chi connectivity index (χ0) is 23.2. The van der Waals surface area contributed by atoms with Gasteiger partial charge in [-0.15, -0.1) is 0 Å². The maximum absolute atomic E-state index is 12.7. The Bertz CT molecular complexity index is 1760. The lowest BCUT2D eigenvalue weighted by Crippen LogP contribution is -2.34. The van der Waals surface area contributed by atoms with Crippen LogP contribution < -0.4 is 10.6 Å². The molecule has 6 heteroatoms. The average Bonchev–Trinajstić information content (AvgIpc) is 2.81. The number of rotatable bonds is 2. The lowest BCUT2D eigenvalue weighted by Gasteiger charge is -2.24. The molecule has 5 aromatic rings. The predicted molar refractivity (Wildman–Crippen MR) is 128 cm³/mol. The molecule has 6 nitrogen and oxygen atoms in total. The Morgan fingerprint density at radius 3 is 2.06 bits per heavy atom. The highest BCUT2D eigenvalue weighted by Gasteiger charge is 2.29. The summed E-state index contributed by atoms with van der Waals surface area (Å²) >= 11 is 0. The van der Waals surface area contributed by atoms with E-state index in [2.05, 4.69) is 10.6 Å². The predicted octanol–water partition coefficient (Wildman–Crippen LogP) is 4.41. The van der Waals surface area contributed by atoms with Gasteiger partial charge in [-0.2, -0.15) is 0 Å². The van der Waals surface area contributed by atoms with Crippen molar-refractivity contribution in [2.24, 2.45) is 0 Å². The number of hydrogen-bond donors (Lipinski definition) is 2. The maximum Gasteiger partial charge on any atom is 0.258 e. The largest absolute Gasteiger partial charge is 0.355 e. The summed E-state index contributed by atoms with van der Waals surface area (Å²) in [6, 6.07) is 10.9. The van der Waals surface area contributed by atoms with Crippen molar-refractivity contribution in [3.63, 3.8) is 0 Å². The number of nitrogens with one attached hydrogen (secondary N) is 2. The van der Waals surface area contributed by atoms with E-state index in [-0.39, 0.29) is 5.91 Å². The van der Waals surface area contributed by atoms with E-state index in [1.165, 1.54) is 0 Å². The lowest BCUT2D eigenvalue weighted by molar-refractivity contribution is 0.0843. The summed E-state index contributed by atoms with van der Waals surface area (Å²) in [7, 11) is 1.56. The average molecular weight is 434 g/mol. The van der Waals surface area contributed by atoms with Gasteiger partial charge in [0.15, 0.2) is 6.29 Å². The fourth-order valence-corrected chi connectivity index (χ4v) is 5.57. The molecular weight excluding hydrogens is 416 g/mol. The molecule has 0 unspecified atom stereocenters. The topological polar surface area (TPSA) is 92.3 Å². The molecule has 6 rings (SSSR count). The molecule has 0 radical (unpaired) electrons. The fourth-order valence-electron chi connectivity index (χ4n) is 5.57. The van der Waals surface area contributed by atoms with Gasteiger partial charge >= 0.3 is 0 Å². The summed E-state index contributed by atoms with van der Waals surface area (Å²) in [5, 5.41) is 11.6. The van der Waals surface area contributed by atoms with E-state index in [4.69, 9.17) is 0 Å². The van der Waals surface area contributed by atoms with Crippen LogP contribution in [0, 0.1) is 13.8 Å². The van der Waals surface area contributed by atoms with Crippen LogP contribution in [-0.4, -0.2) is 31.1 Å². The molecule has 0 aliphatic carbocycles. The van der Waals surface area contributed by atoms with Gasteiger partial charge in [0, 0.05) is 40.1 Å². The second-order valence-corrected chi connectivity index (χ2v) is 8.58. The third-order valence-corrected chi connectivity index (χ3v) is 6.84. The number of benzene rings is 5. The Balaban J connectivity index is 2.00. The zero-order valence-corrected chi connectivity index (χ0v) is 18.2. The SMILES string of the molecule is CNC(=O)c1ccc2c3c(C)cc4c5c(ccc(c6c(C)cc(C=O)c1c26)c53)C(=O)NC4=O. The number of aldehydes is 1. The van der Waals surface area contributed by atoms with Crippen molar-refractivity contribution in [2.45, 2.75) is 13.8 Å². The molecule has 0 bridgehead atoms. The van der Waals surface area contributed by atoms with Crippen molar-refractivity contribution in [3.8, 4) is 0 Å². The summed E-state index contributed by atoms with van der Waals surface area (Å²) in [6.07, 6.45) is 0.786. The molecule has 1 aliphatic heterocycles. The molecule has 1 heterocycles. The Morgan fingerprint density at radius 2 is 1.39 bits per heavy atom. The number of imide groups is 1. The Kier molecular flexibility index (Phi) is 3.73. The van der Waals surface area contributed by atoms with Crippen LogP contribution in [0.15, 0.2) is 36.4 Å². The Hall–Kier alpha value is -4.32. The minimum atomic E-state index is -0.409. The van der Waals surface area contributed by atoms with Gasteiger partial charge in [0.05, 0.1) is 0 Å². The monoisotopic (exact) mass is 434 g/mol. The summed E-state index contributed by atoms with van der Waals surface area (Å²) in [5.41, 5.74) is 3.60. The minimum absolute atomic E-state index is 0.269. The molecule has 0 spiro atoms. The highest BCUT2D eigenvalue weighted by Crippen LogP contribution is 2.46. The molecule has 3 amide bonds. The molecule has 1 aliphatic rings. The first kappa shape index (κ1) is 19.4. The lowest BCUT2D eigenvalue weighted by atomic mass is 9.81. The van der Waals surface area contributed by atoms with Crippen molar-refractivity contribution in [1.82, 2.24) is 10.6 Å². The number of amides is 3. The summed E-state index contributed by atoms with van der Waals surface area (Å²) in [5.74, 6) is -1.08. The van der Waals surface area contributed by atoms with Gasteiger partial charge in [-0.25, -0.2) is 0 Å². The normalized spacial score (nSPS) is 13.3. The van der Waals surface area contributed by atoms with Crippen LogP contribution in [0.4, 0.5) is 0 Å². The summed E-state index contributed by atoms with van der Waals surface area (Å²) < 4.78 is 0. The molecular formula is C27H18N2O4. The van der Waals surface area contributed by atoms with E-state index in [0.717, 1.165) is 49.7 Å². The zero-order valence-electron chi connectivity index (χ0n) is 18.2. The van der Waals surface area contributed by atoms with E-state index >= 15 is 0 Å². The van der Waals surface area contributed by atoms with Crippen molar-refractivity contribution >= 4 is 67.1 Å². The number of carbonyl (C=O) groups is 4. The quantitative estimate of drug-likeness (QED) is 0.186. The fraction of sp³-hybridized carbons (Fsp3) is 0.111. The number of carbonyl (C=O) groups excluding carboxylic acids is 4. The van der Waals surface area contributed by atoms with Gasteiger partial charge in [0.1, 0.15) is 0 Å². The molecule has 0 aromatic heterocycles. The Morgan fingerprint density at radius 1 is 0.788 bits per heavy atom. The number of fused-ring (bicyclic) bond motifs is 2. The van der Waals surface area contributed by atoms with Crippen LogP contribution in [0.3, 0.4) is 0 Å². The first-order chi connectivity index (χ1) is 15.9. The van der Waals surface area contributed by atoms with Crippen LogP contribution in [0.5, 0.6) is 0 Å². The second kappa shape index (κ2) is 6.36. The van der Waals surface area contributed by atoms with Crippen molar-refractivity contribution in [2.75, 3.05) is 7.05 Å². The highest BCUT2D eigenvalue weighted by molar-refractivity contribution is 6.40. The first-order valence-electron chi connectivity index (χ1n) is 10.6. The number of hydrogen-bond acceptors (Lipinski definition) is 4. The molecule has 0 atom stereocenters. The van der Waals surface area contributed by atoms with Crippen LogP contribution in [-0.2, 0) is 0 Å². The van der Waals surface area contributed by atoms with Crippen molar-refractivity contribution in [3.05, 3.63) is 69.8 Å².